The maximum absolute atomic E-state index is 12.7. The molecule has 2 aromatic heterocycles. The van der Waals surface area contributed by atoms with Crippen LogP contribution in [0.25, 0.3) is 17.1 Å². The molecule has 1 aliphatic rings. The van der Waals surface area contributed by atoms with Gasteiger partial charge in [-0.25, -0.2) is 0 Å². The van der Waals surface area contributed by atoms with Crippen molar-refractivity contribution in [2.75, 3.05) is 6.79 Å². The molecule has 0 fully saturated rings. The second-order valence-corrected chi connectivity index (χ2v) is 10.0. The van der Waals surface area contributed by atoms with E-state index in [0.29, 0.717) is 23.6 Å². The third-order valence-electron chi connectivity index (χ3n) is 6.31. The van der Waals surface area contributed by atoms with Gasteiger partial charge in [0.25, 0.3) is 5.91 Å². The number of ether oxygens (including phenoxy) is 2. The van der Waals surface area contributed by atoms with Crippen molar-refractivity contribution in [1.82, 2.24) is 25.1 Å². The fraction of sp³-hybridized carbons (Fsp3) is 0.133. The number of amides is 1. The lowest BCUT2D eigenvalue weighted by Gasteiger charge is -2.11. The SMILES string of the molecule is Cc1cccc(-n2c(SCc3ccc(C(=O)NCc4ccc5c(c4)OCO5)cc3)nnc2-c2ccncc2)c1. The Balaban J connectivity index is 1.14. The van der Waals surface area contributed by atoms with E-state index in [1.165, 1.54) is 0 Å². The molecule has 3 aromatic carbocycles. The van der Waals surface area contributed by atoms with E-state index in [2.05, 4.69) is 50.2 Å². The lowest BCUT2D eigenvalue weighted by Crippen LogP contribution is -2.22. The van der Waals surface area contributed by atoms with E-state index in [4.69, 9.17) is 9.47 Å². The molecule has 0 aliphatic carbocycles. The van der Waals surface area contributed by atoms with Gasteiger partial charge >= 0.3 is 0 Å². The van der Waals surface area contributed by atoms with E-state index in [1.807, 2.05) is 60.7 Å². The minimum atomic E-state index is -0.131. The van der Waals surface area contributed by atoms with Gasteiger partial charge in [-0.3, -0.25) is 14.3 Å². The first-order chi connectivity index (χ1) is 19.1. The molecule has 0 spiro atoms. The fourth-order valence-corrected chi connectivity index (χ4v) is 5.19. The average molecular weight is 536 g/mol. The number of fused-ring (bicyclic) bond motifs is 1. The van der Waals surface area contributed by atoms with Gasteiger partial charge in [0.1, 0.15) is 0 Å². The first-order valence-electron chi connectivity index (χ1n) is 12.5. The summed E-state index contributed by atoms with van der Waals surface area (Å²) in [6.07, 6.45) is 3.51. The third-order valence-corrected chi connectivity index (χ3v) is 7.31. The molecule has 1 aliphatic heterocycles. The van der Waals surface area contributed by atoms with Gasteiger partial charge in [0, 0.05) is 41.5 Å². The number of nitrogens with one attached hydrogen (secondary N) is 1. The molecule has 3 heterocycles. The van der Waals surface area contributed by atoms with Crippen LogP contribution in [0.15, 0.2) is 96.4 Å². The first kappa shape index (κ1) is 24.7. The molecule has 8 nitrogen and oxygen atoms in total. The molecule has 0 saturated heterocycles. The molecule has 0 bridgehead atoms. The van der Waals surface area contributed by atoms with Gasteiger partial charge in [-0.1, -0.05) is 42.1 Å². The van der Waals surface area contributed by atoms with Crippen molar-refractivity contribution in [3.05, 3.63) is 114 Å². The maximum atomic E-state index is 12.7. The van der Waals surface area contributed by atoms with E-state index in [-0.39, 0.29) is 12.7 Å². The van der Waals surface area contributed by atoms with Crippen LogP contribution in [-0.4, -0.2) is 32.4 Å². The van der Waals surface area contributed by atoms with Gasteiger partial charge in [-0.2, -0.15) is 0 Å². The quantitative estimate of drug-likeness (QED) is 0.259. The standard InChI is InChI=1S/C30H25N5O3S/c1-20-3-2-4-25(15-20)35-28(23-11-13-31-14-12-23)33-34-30(35)39-18-21-5-8-24(9-6-21)29(36)32-17-22-7-10-26-27(16-22)38-19-37-26/h2-16H,17-19H2,1H3,(H,32,36). The zero-order chi connectivity index (χ0) is 26.6. The number of carbonyl (C=O) groups excluding carboxylic acids is 1. The summed E-state index contributed by atoms with van der Waals surface area (Å²) in [6.45, 7) is 2.70. The zero-order valence-electron chi connectivity index (χ0n) is 21.2. The number of pyridine rings is 1. The number of carbonyl (C=O) groups is 1. The minimum Gasteiger partial charge on any atom is -0.454 e. The van der Waals surface area contributed by atoms with Crippen molar-refractivity contribution in [3.8, 4) is 28.6 Å². The van der Waals surface area contributed by atoms with Crippen LogP contribution in [0.3, 0.4) is 0 Å². The lowest BCUT2D eigenvalue weighted by atomic mass is 10.1. The lowest BCUT2D eigenvalue weighted by molar-refractivity contribution is 0.0951. The fourth-order valence-electron chi connectivity index (χ4n) is 4.29. The molecule has 1 N–H and O–H groups in total. The number of rotatable bonds is 8. The van der Waals surface area contributed by atoms with Crippen LogP contribution in [-0.2, 0) is 12.3 Å². The van der Waals surface area contributed by atoms with Gasteiger partial charge < -0.3 is 14.8 Å². The summed E-state index contributed by atoms with van der Waals surface area (Å²) in [5.41, 5.74) is 5.74. The van der Waals surface area contributed by atoms with Crippen molar-refractivity contribution in [2.45, 2.75) is 24.4 Å². The largest absolute Gasteiger partial charge is 0.454 e. The summed E-state index contributed by atoms with van der Waals surface area (Å²) in [6, 6.07) is 25.4. The molecule has 0 radical (unpaired) electrons. The maximum Gasteiger partial charge on any atom is 0.251 e. The smallest absolute Gasteiger partial charge is 0.251 e. The molecular weight excluding hydrogens is 510 g/mol. The number of nitrogens with zero attached hydrogens (tertiary/aromatic N) is 4. The van der Waals surface area contributed by atoms with Crippen LogP contribution in [0.2, 0.25) is 0 Å². The second-order valence-electron chi connectivity index (χ2n) is 9.07. The van der Waals surface area contributed by atoms with Crippen molar-refractivity contribution in [3.63, 3.8) is 0 Å². The number of hydrogen-bond donors (Lipinski definition) is 1. The van der Waals surface area contributed by atoms with Crippen molar-refractivity contribution in [1.29, 1.82) is 0 Å². The average Bonchev–Trinajstić information content (AvgIpc) is 3.62. The Bertz CT molecular complexity index is 1620. The summed E-state index contributed by atoms with van der Waals surface area (Å²) < 4.78 is 12.8. The molecule has 9 heteroatoms. The number of aromatic nitrogens is 4. The van der Waals surface area contributed by atoms with Crippen molar-refractivity contribution in [2.24, 2.45) is 0 Å². The number of thioether (sulfide) groups is 1. The van der Waals surface area contributed by atoms with Crippen LogP contribution in [0.1, 0.15) is 27.0 Å². The van der Waals surface area contributed by atoms with Gasteiger partial charge in [0.05, 0.1) is 0 Å². The topological polar surface area (TPSA) is 91.2 Å². The second kappa shape index (κ2) is 11.0. The molecule has 5 aromatic rings. The molecule has 0 atom stereocenters. The van der Waals surface area contributed by atoms with Crippen LogP contribution in [0, 0.1) is 6.92 Å². The van der Waals surface area contributed by atoms with Gasteiger partial charge in [0.15, 0.2) is 22.5 Å². The van der Waals surface area contributed by atoms with Crippen molar-refractivity contribution >= 4 is 17.7 Å². The molecular formula is C30H25N5O3S. The number of aryl methyl sites for hydroxylation is 1. The molecule has 6 rings (SSSR count). The van der Waals surface area contributed by atoms with E-state index in [9.17, 15) is 4.79 Å². The zero-order valence-corrected chi connectivity index (χ0v) is 22.0. The Morgan fingerprint density at radius 3 is 2.54 bits per heavy atom. The van der Waals surface area contributed by atoms with E-state index >= 15 is 0 Å². The summed E-state index contributed by atoms with van der Waals surface area (Å²) >= 11 is 1.60. The van der Waals surface area contributed by atoms with E-state index in [1.54, 1.807) is 24.2 Å². The predicted molar refractivity (Wildman–Crippen MR) is 149 cm³/mol. The Morgan fingerprint density at radius 1 is 0.923 bits per heavy atom. The van der Waals surface area contributed by atoms with Crippen LogP contribution < -0.4 is 14.8 Å². The number of hydrogen-bond acceptors (Lipinski definition) is 7. The van der Waals surface area contributed by atoms with Gasteiger partial charge in [-0.15, -0.1) is 10.2 Å². The summed E-state index contributed by atoms with van der Waals surface area (Å²) in [5, 5.41) is 12.8. The minimum absolute atomic E-state index is 0.131. The Labute approximate surface area is 230 Å². The third kappa shape index (κ3) is 5.49. The van der Waals surface area contributed by atoms with Crippen LogP contribution in [0.4, 0.5) is 0 Å². The van der Waals surface area contributed by atoms with Crippen LogP contribution in [0.5, 0.6) is 11.5 Å². The summed E-state index contributed by atoms with van der Waals surface area (Å²) in [4.78, 5) is 16.8. The van der Waals surface area contributed by atoms with Gasteiger partial charge in [-0.05, 0) is 72.1 Å². The number of benzene rings is 3. The molecule has 0 saturated carbocycles. The summed E-state index contributed by atoms with van der Waals surface area (Å²) in [5.74, 6) is 2.74. The summed E-state index contributed by atoms with van der Waals surface area (Å²) in [7, 11) is 0. The highest BCUT2D eigenvalue weighted by Gasteiger charge is 2.17. The van der Waals surface area contributed by atoms with E-state index in [0.717, 1.165) is 44.7 Å². The Kier molecular flexibility index (Phi) is 6.97. The Morgan fingerprint density at radius 2 is 1.72 bits per heavy atom. The predicted octanol–water partition coefficient (Wildman–Crippen LogP) is 5.59. The van der Waals surface area contributed by atoms with Crippen molar-refractivity contribution < 1.29 is 14.3 Å². The monoisotopic (exact) mass is 535 g/mol. The van der Waals surface area contributed by atoms with Crippen LogP contribution >= 0.6 is 11.8 Å². The Hall–Kier alpha value is -4.63. The highest BCUT2D eigenvalue weighted by molar-refractivity contribution is 7.98. The molecule has 39 heavy (non-hydrogen) atoms. The normalized spacial score (nSPS) is 11.9. The molecule has 0 unspecified atom stereocenters. The molecule has 1 amide bonds. The highest BCUT2D eigenvalue weighted by Crippen LogP contribution is 2.33. The molecule has 194 valence electrons. The highest BCUT2D eigenvalue weighted by atomic mass is 32.2. The van der Waals surface area contributed by atoms with Gasteiger partial charge in [0.2, 0.25) is 6.79 Å². The van der Waals surface area contributed by atoms with E-state index < -0.39 is 0 Å². The first-order valence-corrected chi connectivity index (χ1v) is 13.4.